The second-order valence-corrected chi connectivity index (χ2v) is 7.17. The van der Waals surface area contributed by atoms with Crippen LogP contribution in [0.4, 0.5) is 5.69 Å². The number of hydrogen-bond donors (Lipinski definition) is 0. The Balaban J connectivity index is 1.80. The van der Waals surface area contributed by atoms with Crippen molar-refractivity contribution >= 4 is 52.7 Å². The Hall–Kier alpha value is -2.33. The van der Waals surface area contributed by atoms with Gasteiger partial charge < -0.3 is 4.74 Å². The van der Waals surface area contributed by atoms with Crippen molar-refractivity contribution in [2.45, 2.75) is 6.92 Å². The van der Waals surface area contributed by atoms with E-state index >= 15 is 0 Å². The predicted octanol–water partition coefficient (Wildman–Crippen LogP) is 6.93. The van der Waals surface area contributed by atoms with Crippen LogP contribution in [-0.2, 0) is 0 Å². The minimum absolute atomic E-state index is 0.332. The monoisotopic (exact) mass is 417 g/mol. The SMILES string of the molecule is Cc1ccc(C(=O)Oc2cc(Cl)cc(C=Nc3cc(Cl)cc(Cl)c3)c2)cc1. The molecule has 0 spiro atoms. The van der Waals surface area contributed by atoms with Crippen molar-refractivity contribution in [2.75, 3.05) is 0 Å². The zero-order chi connectivity index (χ0) is 19.4. The third-order valence-corrected chi connectivity index (χ3v) is 4.26. The highest BCUT2D eigenvalue weighted by Gasteiger charge is 2.09. The van der Waals surface area contributed by atoms with Crippen molar-refractivity contribution in [3.8, 4) is 5.75 Å². The summed E-state index contributed by atoms with van der Waals surface area (Å²) >= 11 is 18.1. The van der Waals surface area contributed by atoms with Gasteiger partial charge in [-0.3, -0.25) is 4.99 Å². The number of esters is 1. The third-order valence-electron chi connectivity index (χ3n) is 3.60. The number of hydrogen-bond acceptors (Lipinski definition) is 3. The normalized spacial score (nSPS) is 11.0. The number of rotatable bonds is 4. The lowest BCUT2D eigenvalue weighted by molar-refractivity contribution is 0.0735. The van der Waals surface area contributed by atoms with Crippen LogP contribution < -0.4 is 4.74 Å². The van der Waals surface area contributed by atoms with Crippen LogP contribution in [0.3, 0.4) is 0 Å². The number of carbonyl (C=O) groups is 1. The molecule has 0 saturated heterocycles. The first kappa shape index (κ1) is 19.4. The van der Waals surface area contributed by atoms with Gasteiger partial charge in [-0.2, -0.15) is 0 Å². The number of benzene rings is 3. The van der Waals surface area contributed by atoms with Gasteiger partial charge in [0.15, 0.2) is 0 Å². The molecule has 136 valence electrons. The summed E-state index contributed by atoms with van der Waals surface area (Å²) in [6.07, 6.45) is 1.59. The van der Waals surface area contributed by atoms with Crippen LogP contribution in [0.5, 0.6) is 5.75 Å². The molecule has 6 heteroatoms. The topological polar surface area (TPSA) is 38.7 Å². The van der Waals surface area contributed by atoms with Crippen LogP contribution in [0.25, 0.3) is 0 Å². The zero-order valence-corrected chi connectivity index (χ0v) is 16.5. The molecule has 0 aromatic heterocycles. The second kappa shape index (κ2) is 8.57. The van der Waals surface area contributed by atoms with Crippen molar-refractivity contribution in [1.82, 2.24) is 0 Å². The fourth-order valence-electron chi connectivity index (χ4n) is 2.34. The van der Waals surface area contributed by atoms with E-state index in [1.54, 1.807) is 54.7 Å². The molecule has 27 heavy (non-hydrogen) atoms. The van der Waals surface area contributed by atoms with Crippen molar-refractivity contribution in [3.05, 3.63) is 92.4 Å². The maximum atomic E-state index is 12.3. The molecule has 0 aliphatic rings. The first-order valence-corrected chi connectivity index (χ1v) is 9.12. The Morgan fingerprint density at radius 1 is 0.889 bits per heavy atom. The van der Waals surface area contributed by atoms with Gasteiger partial charge in [-0.15, -0.1) is 0 Å². The van der Waals surface area contributed by atoms with Gasteiger partial charge in [0.2, 0.25) is 0 Å². The summed E-state index contributed by atoms with van der Waals surface area (Å²) in [5.74, 6) is -0.125. The molecular formula is C21H14Cl3NO2. The summed E-state index contributed by atoms with van der Waals surface area (Å²) in [5, 5.41) is 1.41. The van der Waals surface area contributed by atoms with E-state index in [4.69, 9.17) is 39.5 Å². The van der Waals surface area contributed by atoms with Crippen molar-refractivity contribution < 1.29 is 9.53 Å². The zero-order valence-electron chi connectivity index (χ0n) is 14.2. The van der Waals surface area contributed by atoms with Crippen LogP contribution in [0, 0.1) is 6.92 Å². The Kier molecular flexibility index (Phi) is 6.17. The highest BCUT2D eigenvalue weighted by molar-refractivity contribution is 6.35. The van der Waals surface area contributed by atoms with Crippen LogP contribution >= 0.6 is 34.8 Å². The van der Waals surface area contributed by atoms with Gasteiger partial charge in [0.05, 0.1) is 11.3 Å². The maximum absolute atomic E-state index is 12.3. The summed E-state index contributed by atoms with van der Waals surface area (Å²) in [7, 11) is 0. The first-order chi connectivity index (χ1) is 12.9. The van der Waals surface area contributed by atoms with Crippen molar-refractivity contribution in [2.24, 2.45) is 4.99 Å². The minimum Gasteiger partial charge on any atom is -0.423 e. The van der Waals surface area contributed by atoms with E-state index in [1.165, 1.54) is 0 Å². The second-order valence-electron chi connectivity index (χ2n) is 5.86. The van der Waals surface area contributed by atoms with E-state index in [1.807, 2.05) is 19.1 Å². The number of carbonyl (C=O) groups excluding carboxylic acids is 1. The molecule has 0 heterocycles. The van der Waals surface area contributed by atoms with Gasteiger partial charge in [-0.1, -0.05) is 52.5 Å². The number of halogens is 3. The Morgan fingerprint density at radius 3 is 2.19 bits per heavy atom. The standard InChI is InChI=1S/C21H14Cl3NO2/c1-13-2-4-15(5-3-13)21(26)27-20-7-14(6-16(22)11-20)12-25-19-9-17(23)8-18(24)10-19/h2-12H,1H3. The van der Waals surface area contributed by atoms with E-state index in [0.717, 1.165) is 5.56 Å². The van der Waals surface area contributed by atoms with E-state index in [0.29, 0.717) is 37.6 Å². The van der Waals surface area contributed by atoms with Crippen molar-refractivity contribution in [1.29, 1.82) is 0 Å². The van der Waals surface area contributed by atoms with E-state index < -0.39 is 5.97 Å². The molecule has 0 radical (unpaired) electrons. The average molecular weight is 419 g/mol. The molecule has 0 aliphatic heterocycles. The smallest absolute Gasteiger partial charge is 0.343 e. The molecule has 3 aromatic rings. The van der Waals surface area contributed by atoms with Crippen LogP contribution in [0.1, 0.15) is 21.5 Å². The highest BCUT2D eigenvalue weighted by Crippen LogP contribution is 2.25. The van der Waals surface area contributed by atoms with Gasteiger partial charge in [-0.25, -0.2) is 4.79 Å². The van der Waals surface area contributed by atoms with Crippen LogP contribution in [0.2, 0.25) is 15.1 Å². The molecule has 0 saturated carbocycles. The molecule has 0 fully saturated rings. The third kappa shape index (κ3) is 5.57. The van der Waals surface area contributed by atoms with Crippen LogP contribution in [0.15, 0.2) is 65.7 Å². The number of aryl methyl sites for hydroxylation is 1. The van der Waals surface area contributed by atoms with Gasteiger partial charge in [0.25, 0.3) is 0 Å². The fraction of sp³-hybridized carbons (Fsp3) is 0.0476. The molecule has 0 aliphatic carbocycles. The molecule has 0 N–H and O–H groups in total. The Labute approximate surface area is 172 Å². The van der Waals surface area contributed by atoms with E-state index in [2.05, 4.69) is 4.99 Å². The first-order valence-electron chi connectivity index (χ1n) is 7.99. The lowest BCUT2D eigenvalue weighted by atomic mass is 10.1. The minimum atomic E-state index is -0.457. The summed E-state index contributed by atoms with van der Waals surface area (Å²) in [6, 6.07) is 17.1. The molecular weight excluding hydrogens is 405 g/mol. The van der Waals surface area contributed by atoms with Crippen LogP contribution in [-0.4, -0.2) is 12.2 Å². The number of ether oxygens (including phenoxy) is 1. The van der Waals surface area contributed by atoms with Gasteiger partial charge in [-0.05, 0) is 61.0 Å². The van der Waals surface area contributed by atoms with E-state index in [9.17, 15) is 4.79 Å². The predicted molar refractivity (Wildman–Crippen MR) is 111 cm³/mol. The molecule has 0 amide bonds. The number of aliphatic imine (C=N–C) groups is 1. The van der Waals surface area contributed by atoms with Gasteiger partial charge in [0, 0.05) is 21.3 Å². The molecule has 0 atom stereocenters. The quantitative estimate of drug-likeness (QED) is 0.262. The summed E-state index contributed by atoms with van der Waals surface area (Å²) in [5.41, 5.74) is 2.80. The van der Waals surface area contributed by atoms with E-state index in [-0.39, 0.29) is 0 Å². The maximum Gasteiger partial charge on any atom is 0.343 e. The summed E-state index contributed by atoms with van der Waals surface area (Å²) < 4.78 is 5.42. The average Bonchev–Trinajstić information content (AvgIpc) is 2.59. The molecule has 0 unspecified atom stereocenters. The fourth-order valence-corrected chi connectivity index (χ4v) is 3.08. The molecule has 0 bridgehead atoms. The molecule has 3 aromatic carbocycles. The van der Waals surface area contributed by atoms with Crippen molar-refractivity contribution in [3.63, 3.8) is 0 Å². The van der Waals surface area contributed by atoms with Gasteiger partial charge >= 0.3 is 5.97 Å². The Bertz CT molecular complexity index is 994. The van der Waals surface area contributed by atoms with Gasteiger partial charge in [0.1, 0.15) is 5.75 Å². The Morgan fingerprint density at radius 2 is 1.52 bits per heavy atom. The summed E-state index contributed by atoms with van der Waals surface area (Å²) in [6.45, 7) is 1.95. The number of nitrogens with zero attached hydrogens (tertiary/aromatic N) is 1. The lowest BCUT2D eigenvalue weighted by Crippen LogP contribution is -2.08. The molecule has 3 rings (SSSR count). The summed E-state index contributed by atoms with van der Waals surface area (Å²) in [4.78, 5) is 16.6. The largest absolute Gasteiger partial charge is 0.423 e. The molecule has 3 nitrogen and oxygen atoms in total. The highest BCUT2D eigenvalue weighted by atomic mass is 35.5. The lowest BCUT2D eigenvalue weighted by Gasteiger charge is -2.06.